The van der Waals surface area contributed by atoms with Crippen molar-refractivity contribution < 1.29 is 14.3 Å². The lowest BCUT2D eigenvalue weighted by molar-refractivity contribution is -0.185. The molecule has 0 unspecified atom stereocenters. The second kappa shape index (κ2) is 7.90. The fraction of sp³-hybridized carbons (Fsp3) is 0.381. The third kappa shape index (κ3) is 4.05. The third-order valence-electron chi connectivity index (χ3n) is 5.25. The summed E-state index contributed by atoms with van der Waals surface area (Å²) in [4.78, 5) is 15.1. The van der Waals surface area contributed by atoms with Crippen LogP contribution < -0.4 is 0 Å². The fourth-order valence-corrected chi connectivity index (χ4v) is 4.08. The lowest BCUT2D eigenvalue weighted by Crippen LogP contribution is -2.44. The Bertz CT molecular complexity index is 822. The highest BCUT2D eigenvalue weighted by Crippen LogP contribution is 2.32. The number of ketones is 1. The normalized spacial score (nSPS) is 19.5. The molecule has 0 atom stereocenters. The van der Waals surface area contributed by atoms with Crippen LogP contribution >= 0.6 is 23.2 Å². The van der Waals surface area contributed by atoms with Crippen molar-refractivity contribution in [3.63, 3.8) is 0 Å². The Morgan fingerprint density at radius 2 is 1.67 bits per heavy atom. The number of hydrogen-bond donors (Lipinski definition) is 0. The van der Waals surface area contributed by atoms with E-state index in [-0.39, 0.29) is 11.6 Å². The Morgan fingerprint density at radius 3 is 2.33 bits per heavy atom. The van der Waals surface area contributed by atoms with E-state index in [2.05, 4.69) is 4.90 Å². The van der Waals surface area contributed by atoms with Gasteiger partial charge in [0.25, 0.3) is 0 Å². The molecular formula is C21H21Cl2NO3. The quantitative estimate of drug-likeness (QED) is 0.698. The van der Waals surface area contributed by atoms with Crippen molar-refractivity contribution in [1.82, 2.24) is 4.90 Å². The molecule has 0 amide bonds. The van der Waals surface area contributed by atoms with Crippen LogP contribution in [0.1, 0.15) is 34.3 Å². The molecule has 4 nitrogen and oxygen atoms in total. The summed E-state index contributed by atoms with van der Waals surface area (Å²) in [7, 11) is 0. The van der Waals surface area contributed by atoms with Gasteiger partial charge in [-0.2, -0.15) is 0 Å². The molecule has 0 radical (unpaired) electrons. The van der Waals surface area contributed by atoms with Gasteiger partial charge in [0, 0.05) is 43.6 Å². The summed E-state index contributed by atoms with van der Waals surface area (Å²) in [6.07, 6.45) is 1.80. The molecule has 2 heterocycles. The first-order chi connectivity index (χ1) is 13.1. The van der Waals surface area contributed by atoms with Crippen LogP contribution in [0.4, 0.5) is 0 Å². The van der Waals surface area contributed by atoms with Gasteiger partial charge in [-0.3, -0.25) is 9.69 Å². The van der Waals surface area contributed by atoms with E-state index in [1.807, 2.05) is 24.3 Å². The summed E-state index contributed by atoms with van der Waals surface area (Å²) in [5.74, 6) is -0.465. The van der Waals surface area contributed by atoms with Crippen molar-refractivity contribution in [2.75, 3.05) is 26.3 Å². The molecule has 1 spiro atoms. The van der Waals surface area contributed by atoms with E-state index >= 15 is 0 Å². The maximum absolute atomic E-state index is 12.7. The maximum Gasteiger partial charge on any atom is 0.194 e. The van der Waals surface area contributed by atoms with Crippen molar-refractivity contribution in [2.45, 2.75) is 25.2 Å². The first-order valence-corrected chi connectivity index (χ1v) is 9.90. The number of piperidine rings is 1. The molecule has 2 aliphatic heterocycles. The maximum atomic E-state index is 12.7. The summed E-state index contributed by atoms with van der Waals surface area (Å²) >= 11 is 12.2. The van der Waals surface area contributed by atoms with Gasteiger partial charge in [0.2, 0.25) is 0 Å². The van der Waals surface area contributed by atoms with E-state index in [1.165, 1.54) is 5.56 Å². The second-order valence-electron chi connectivity index (χ2n) is 7.01. The molecule has 2 aromatic carbocycles. The van der Waals surface area contributed by atoms with E-state index in [9.17, 15) is 4.79 Å². The van der Waals surface area contributed by atoms with Gasteiger partial charge >= 0.3 is 0 Å². The topological polar surface area (TPSA) is 38.8 Å². The lowest BCUT2D eigenvalue weighted by Gasteiger charge is -2.37. The third-order valence-corrected chi connectivity index (χ3v) is 6.07. The van der Waals surface area contributed by atoms with Crippen molar-refractivity contribution >= 4 is 29.0 Å². The Morgan fingerprint density at radius 1 is 1.00 bits per heavy atom. The first kappa shape index (κ1) is 18.9. The smallest absolute Gasteiger partial charge is 0.194 e. The molecule has 27 heavy (non-hydrogen) atoms. The van der Waals surface area contributed by atoms with Gasteiger partial charge in [-0.05, 0) is 17.7 Å². The van der Waals surface area contributed by atoms with E-state index < -0.39 is 0 Å². The van der Waals surface area contributed by atoms with Crippen molar-refractivity contribution in [3.05, 3.63) is 69.2 Å². The van der Waals surface area contributed by atoms with Crippen molar-refractivity contribution in [3.8, 4) is 0 Å². The molecule has 2 aliphatic rings. The number of benzene rings is 2. The first-order valence-electron chi connectivity index (χ1n) is 9.14. The van der Waals surface area contributed by atoms with Crippen LogP contribution in [0.5, 0.6) is 0 Å². The van der Waals surface area contributed by atoms with Gasteiger partial charge in [0.15, 0.2) is 11.6 Å². The molecule has 0 N–H and O–H groups in total. The zero-order chi connectivity index (χ0) is 18.9. The Labute approximate surface area is 169 Å². The van der Waals surface area contributed by atoms with Gasteiger partial charge in [-0.25, -0.2) is 0 Å². The van der Waals surface area contributed by atoms with E-state index in [1.54, 1.807) is 18.2 Å². The monoisotopic (exact) mass is 405 g/mol. The molecular weight excluding hydrogens is 385 g/mol. The minimum Gasteiger partial charge on any atom is -0.347 e. The standard InChI is InChI=1S/C21H21Cl2NO3/c22-18-3-1-2-17(19(18)23)20(25)16-6-4-15(5-7-16)14-24-10-8-21(9-11-24)26-12-13-27-21/h1-7H,8-14H2. The largest absolute Gasteiger partial charge is 0.347 e. The zero-order valence-electron chi connectivity index (χ0n) is 14.9. The molecule has 2 aromatic rings. The van der Waals surface area contributed by atoms with E-state index in [0.29, 0.717) is 34.4 Å². The van der Waals surface area contributed by atoms with Crippen molar-refractivity contribution in [1.29, 1.82) is 0 Å². The molecule has 0 saturated carbocycles. The number of halogens is 2. The van der Waals surface area contributed by atoms with Crippen LogP contribution in [0.3, 0.4) is 0 Å². The molecule has 4 rings (SSSR count). The second-order valence-corrected chi connectivity index (χ2v) is 7.80. The van der Waals surface area contributed by atoms with Gasteiger partial charge in [0.05, 0.1) is 23.3 Å². The summed E-state index contributed by atoms with van der Waals surface area (Å²) < 4.78 is 11.6. The average molecular weight is 406 g/mol. The van der Waals surface area contributed by atoms with Crippen LogP contribution in [0, 0.1) is 0 Å². The van der Waals surface area contributed by atoms with Crippen LogP contribution in [0.25, 0.3) is 0 Å². The Hall–Kier alpha value is -1.43. The number of carbonyl (C=O) groups excluding carboxylic acids is 1. The van der Waals surface area contributed by atoms with Crippen LogP contribution in [0.2, 0.25) is 10.0 Å². The summed E-state index contributed by atoms with van der Waals surface area (Å²) in [6, 6.07) is 12.8. The highest BCUT2D eigenvalue weighted by Gasteiger charge is 2.39. The summed E-state index contributed by atoms with van der Waals surface area (Å²) in [5.41, 5.74) is 2.20. The van der Waals surface area contributed by atoms with E-state index in [4.69, 9.17) is 32.7 Å². The number of likely N-dealkylation sites (tertiary alicyclic amines) is 1. The molecule has 142 valence electrons. The molecule has 2 saturated heterocycles. The van der Waals surface area contributed by atoms with Crippen LogP contribution in [-0.2, 0) is 16.0 Å². The SMILES string of the molecule is O=C(c1ccc(CN2CCC3(CC2)OCCO3)cc1)c1cccc(Cl)c1Cl. The Balaban J connectivity index is 1.39. The van der Waals surface area contributed by atoms with Gasteiger partial charge in [0.1, 0.15) is 0 Å². The highest BCUT2D eigenvalue weighted by atomic mass is 35.5. The number of carbonyl (C=O) groups is 1. The number of rotatable bonds is 4. The summed E-state index contributed by atoms with van der Waals surface area (Å²) in [5, 5.41) is 0.684. The Kier molecular flexibility index (Phi) is 5.53. The molecule has 0 aliphatic carbocycles. The average Bonchev–Trinajstić information content (AvgIpc) is 3.14. The minimum absolute atomic E-state index is 0.121. The highest BCUT2D eigenvalue weighted by molar-refractivity contribution is 6.44. The van der Waals surface area contributed by atoms with Crippen LogP contribution in [0.15, 0.2) is 42.5 Å². The summed E-state index contributed by atoms with van der Waals surface area (Å²) in [6.45, 7) is 4.14. The fourth-order valence-electron chi connectivity index (χ4n) is 3.69. The lowest BCUT2D eigenvalue weighted by atomic mass is 10.0. The van der Waals surface area contributed by atoms with Gasteiger partial charge < -0.3 is 9.47 Å². The molecule has 6 heteroatoms. The number of ether oxygens (including phenoxy) is 2. The number of nitrogens with zero attached hydrogens (tertiary/aromatic N) is 1. The molecule has 0 aromatic heterocycles. The zero-order valence-corrected chi connectivity index (χ0v) is 16.4. The van der Waals surface area contributed by atoms with E-state index in [0.717, 1.165) is 32.5 Å². The molecule has 2 fully saturated rings. The minimum atomic E-state index is -0.344. The predicted molar refractivity (Wildman–Crippen MR) is 105 cm³/mol. The number of hydrogen-bond acceptors (Lipinski definition) is 4. The molecule has 0 bridgehead atoms. The van der Waals surface area contributed by atoms with Gasteiger partial charge in [-0.15, -0.1) is 0 Å². The van der Waals surface area contributed by atoms with Crippen molar-refractivity contribution in [2.24, 2.45) is 0 Å². The predicted octanol–water partition coefficient (Wildman–Crippen LogP) is 4.56. The van der Waals surface area contributed by atoms with Gasteiger partial charge in [-0.1, -0.05) is 53.5 Å². The van der Waals surface area contributed by atoms with Crippen LogP contribution in [-0.4, -0.2) is 42.8 Å².